The monoisotopic (exact) mass is 367 g/mol. The van der Waals surface area contributed by atoms with Gasteiger partial charge in [-0.3, -0.25) is 22.9 Å². The van der Waals surface area contributed by atoms with Gasteiger partial charge >= 0.3 is 5.69 Å². The zero-order chi connectivity index (χ0) is 19.5. The maximum Gasteiger partial charge on any atom is 0.333 e. The normalized spacial score (nSPS) is 12.7. The van der Waals surface area contributed by atoms with Crippen molar-refractivity contribution in [1.82, 2.24) is 23.1 Å². The minimum atomic E-state index is -0.453. The van der Waals surface area contributed by atoms with Crippen LogP contribution in [-0.2, 0) is 7.05 Å². The van der Waals surface area contributed by atoms with Crippen molar-refractivity contribution in [1.29, 1.82) is 0 Å². The van der Waals surface area contributed by atoms with Gasteiger partial charge in [0, 0.05) is 24.6 Å². The lowest BCUT2D eigenvalue weighted by Crippen LogP contribution is -2.40. The first-order valence-electron chi connectivity index (χ1n) is 8.45. The molecule has 27 heavy (non-hydrogen) atoms. The Kier molecular flexibility index (Phi) is 3.66. The highest BCUT2D eigenvalue weighted by atomic mass is 19.1. The Morgan fingerprint density at radius 3 is 2.52 bits per heavy atom. The van der Waals surface area contributed by atoms with E-state index in [4.69, 9.17) is 0 Å². The van der Waals surface area contributed by atoms with Crippen molar-refractivity contribution in [3.63, 3.8) is 0 Å². The van der Waals surface area contributed by atoms with E-state index in [9.17, 15) is 14.0 Å². The van der Waals surface area contributed by atoms with E-state index in [-0.39, 0.29) is 5.82 Å². The van der Waals surface area contributed by atoms with E-state index in [2.05, 4.69) is 11.6 Å². The number of aryl methyl sites for hydroxylation is 2. The van der Waals surface area contributed by atoms with E-state index in [1.54, 1.807) is 42.8 Å². The summed E-state index contributed by atoms with van der Waals surface area (Å²) in [5, 5.41) is 0. The fourth-order valence-electron chi connectivity index (χ4n) is 3.35. The number of imidazole rings is 2. The summed E-state index contributed by atoms with van der Waals surface area (Å²) in [6.45, 7) is 7.28. The summed E-state index contributed by atoms with van der Waals surface area (Å²) in [4.78, 5) is 30.2. The third kappa shape index (κ3) is 2.29. The molecule has 1 unspecified atom stereocenters. The number of hydrogen-bond acceptors (Lipinski definition) is 3. The Hall–Kier alpha value is -3.42. The molecule has 1 aromatic carbocycles. The van der Waals surface area contributed by atoms with Gasteiger partial charge in [0.15, 0.2) is 11.2 Å². The van der Waals surface area contributed by atoms with Gasteiger partial charge in [0.05, 0.1) is 6.04 Å². The number of rotatable bonds is 3. The molecule has 3 aromatic heterocycles. The van der Waals surface area contributed by atoms with Crippen molar-refractivity contribution >= 4 is 16.9 Å². The van der Waals surface area contributed by atoms with Gasteiger partial charge in [0.25, 0.3) is 5.56 Å². The number of allylic oxidation sites excluding steroid dienone is 1. The van der Waals surface area contributed by atoms with Gasteiger partial charge in [-0.05, 0) is 38.1 Å². The zero-order valence-electron chi connectivity index (χ0n) is 15.2. The van der Waals surface area contributed by atoms with Crippen molar-refractivity contribution < 1.29 is 4.39 Å². The van der Waals surface area contributed by atoms with E-state index in [1.807, 2.05) is 11.5 Å². The summed E-state index contributed by atoms with van der Waals surface area (Å²) in [6.07, 6.45) is 3.32. The highest BCUT2D eigenvalue weighted by Gasteiger charge is 2.21. The van der Waals surface area contributed by atoms with Gasteiger partial charge < -0.3 is 0 Å². The topological polar surface area (TPSA) is 66.2 Å². The lowest BCUT2D eigenvalue weighted by Gasteiger charge is -2.11. The predicted octanol–water partition coefficient (Wildman–Crippen LogP) is 2.33. The molecule has 0 saturated carbocycles. The van der Waals surface area contributed by atoms with Crippen molar-refractivity contribution in [3.8, 4) is 5.69 Å². The lowest BCUT2D eigenvalue weighted by atomic mass is 10.3. The Bertz CT molecular complexity index is 1320. The summed E-state index contributed by atoms with van der Waals surface area (Å²) >= 11 is 0. The minimum Gasteiger partial charge on any atom is -0.283 e. The summed E-state index contributed by atoms with van der Waals surface area (Å²) in [6, 6.07) is 5.55. The van der Waals surface area contributed by atoms with Gasteiger partial charge in [-0.2, -0.15) is 4.98 Å². The number of aromatic nitrogens is 5. The highest BCUT2D eigenvalue weighted by Crippen LogP contribution is 2.21. The maximum absolute atomic E-state index is 13.3. The Morgan fingerprint density at radius 2 is 1.89 bits per heavy atom. The standard InChI is InChI=1S/C19H18FN5O2/c1-5-11(2)25-17(26)15-16(22(4)19(25)27)21-18-23(15)10-12(3)24(18)14-8-6-13(20)7-9-14/h5-11H,1H2,2-4H3. The first kappa shape index (κ1) is 17.0. The maximum atomic E-state index is 13.3. The highest BCUT2D eigenvalue weighted by molar-refractivity contribution is 5.76. The molecular formula is C19H18FN5O2. The number of benzene rings is 1. The van der Waals surface area contributed by atoms with Gasteiger partial charge in [-0.15, -0.1) is 6.58 Å². The molecule has 0 radical (unpaired) electrons. The second kappa shape index (κ2) is 5.80. The molecule has 138 valence electrons. The molecule has 0 aliphatic heterocycles. The second-order valence-electron chi connectivity index (χ2n) is 6.53. The Morgan fingerprint density at radius 1 is 1.22 bits per heavy atom. The smallest absolute Gasteiger partial charge is 0.283 e. The first-order chi connectivity index (χ1) is 12.8. The molecule has 0 saturated heterocycles. The third-order valence-electron chi connectivity index (χ3n) is 4.81. The average Bonchev–Trinajstić information content (AvgIpc) is 3.15. The van der Waals surface area contributed by atoms with Crippen LogP contribution in [-0.4, -0.2) is 23.1 Å². The summed E-state index contributed by atoms with van der Waals surface area (Å²) in [5.74, 6) is 0.141. The molecule has 0 spiro atoms. The lowest BCUT2D eigenvalue weighted by molar-refractivity contribution is 0.574. The summed E-state index contributed by atoms with van der Waals surface area (Å²) < 4.78 is 19.3. The van der Waals surface area contributed by atoms with Crippen LogP contribution in [0.1, 0.15) is 18.7 Å². The molecule has 0 N–H and O–H groups in total. The molecule has 0 aliphatic carbocycles. The number of halogens is 1. The van der Waals surface area contributed by atoms with Gasteiger partial charge in [-0.25, -0.2) is 9.18 Å². The second-order valence-corrected chi connectivity index (χ2v) is 6.53. The van der Waals surface area contributed by atoms with Crippen LogP contribution in [0.15, 0.2) is 52.7 Å². The van der Waals surface area contributed by atoms with E-state index in [0.29, 0.717) is 22.6 Å². The van der Waals surface area contributed by atoms with Crippen LogP contribution in [0.3, 0.4) is 0 Å². The zero-order valence-corrected chi connectivity index (χ0v) is 15.2. The molecule has 0 aliphatic rings. The predicted molar refractivity (Wildman–Crippen MR) is 101 cm³/mol. The van der Waals surface area contributed by atoms with Crippen LogP contribution in [0, 0.1) is 12.7 Å². The van der Waals surface area contributed by atoms with Crippen molar-refractivity contribution in [3.05, 3.63) is 75.5 Å². The molecule has 0 fully saturated rings. The first-order valence-corrected chi connectivity index (χ1v) is 8.45. The Labute approximate surface area is 153 Å². The molecule has 4 aromatic rings. The summed E-state index contributed by atoms with van der Waals surface area (Å²) in [7, 11) is 1.58. The van der Waals surface area contributed by atoms with Gasteiger partial charge in [-0.1, -0.05) is 6.08 Å². The molecule has 7 nitrogen and oxygen atoms in total. The number of hydrogen-bond donors (Lipinski definition) is 0. The average molecular weight is 367 g/mol. The third-order valence-corrected chi connectivity index (χ3v) is 4.81. The van der Waals surface area contributed by atoms with Crippen LogP contribution >= 0.6 is 0 Å². The van der Waals surface area contributed by atoms with Crippen molar-refractivity contribution in [2.75, 3.05) is 0 Å². The van der Waals surface area contributed by atoms with E-state index >= 15 is 0 Å². The fraction of sp³-hybridized carbons (Fsp3) is 0.211. The fourth-order valence-corrected chi connectivity index (χ4v) is 3.35. The van der Waals surface area contributed by atoms with Crippen LogP contribution in [0.25, 0.3) is 22.6 Å². The number of nitrogens with zero attached hydrogens (tertiary/aromatic N) is 5. The van der Waals surface area contributed by atoms with Crippen LogP contribution < -0.4 is 11.2 Å². The Balaban J connectivity index is 2.15. The van der Waals surface area contributed by atoms with Crippen molar-refractivity contribution in [2.45, 2.75) is 19.9 Å². The van der Waals surface area contributed by atoms with Gasteiger partial charge in [0.2, 0.25) is 5.78 Å². The molecular weight excluding hydrogens is 349 g/mol. The van der Waals surface area contributed by atoms with E-state index in [1.165, 1.54) is 16.7 Å². The molecule has 1 atom stereocenters. The molecule has 0 amide bonds. The number of fused-ring (bicyclic) bond motifs is 3. The molecule has 8 heteroatoms. The van der Waals surface area contributed by atoms with E-state index < -0.39 is 17.3 Å². The van der Waals surface area contributed by atoms with E-state index in [0.717, 1.165) is 10.3 Å². The molecule has 4 rings (SSSR count). The minimum absolute atomic E-state index is 0.295. The van der Waals surface area contributed by atoms with Crippen LogP contribution in [0.5, 0.6) is 0 Å². The molecule has 3 heterocycles. The largest absolute Gasteiger partial charge is 0.333 e. The SMILES string of the molecule is C=CC(C)n1c(=O)c2c(nc3n(-c4ccc(F)cc4)c(C)cn23)n(C)c1=O. The van der Waals surface area contributed by atoms with Gasteiger partial charge in [0.1, 0.15) is 5.82 Å². The van der Waals surface area contributed by atoms with Crippen LogP contribution in [0.2, 0.25) is 0 Å². The summed E-state index contributed by atoms with van der Waals surface area (Å²) in [5.41, 5.74) is 1.26. The van der Waals surface area contributed by atoms with Crippen molar-refractivity contribution in [2.24, 2.45) is 7.05 Å². The quantitative estimate of drug-likeness (QED) is 0.522. The van der Waals surface area contributed by atoms with Crippen LogP contribution in [0.4, 0.5) is 4.39 Å². The molecule has 0 bridgehead atoms.